The predicted octanol–water partition coefficient (Wildman–Crippen LogP) is 7.10. The number of hydrogen-bond acceptors (Lipinski definition) is 6. The lowest BCUT2D eigenvalue weighted by molar-refractivity contribution is -0.384. The molecule has 0 bridgehead atoms. The number of oxazole rings is 1. The van der Waals surface area contributed by atoms with Crippen molar-refractivity contribution in [1.29, 1.82) is 0 Å². The van der Waals surface area contributed by atoms with Crippen LogP contribution in [0.25, 0.3) is 28.6 Å². The second-order valence-corrected chi connectivity index (χ2v) is 9.20. The lowest BCUT2D eigenvalue weighted by Crippen LogP contribution is -2.32. The number of rotatable bonds is 7. The van der Waals surface area contributed by atoms with Gasteiger partial charge in [-0.25, -0.2) is 4.98 Å². The van der Waals surface area contributed by atoms with E-state index in [0.717, 1.165) is 17.5 Å². The van der Waals surface area contributed by atoms with E-state index in [1.807, 2.05) is 24.3 Å². The van der Waals surface area contributed by atoms with Crippen LogP contribution in [0.1, 0.15) is 37.3 Å². The third kappa shape index (κ3) is 6.38. The molecule has 1 atom stereocenters. The van der Waals surface area contributed by atoms with Gasteiger partial charge in [-0.2, -0.15) is 0 Å². The highest BCUT2D eigenvalue weighted by Gasteiger charge is 2.13. The van der Waals surface area contributed by atoms with Gasteiger partial charge in [0.2, 0.25) is 11.8 Å². The summed E-state index contributed by atoms with van der Waals surface area (Å²) in [6.45, 7) is 4.33. The summed E-state index contributed by atoms with van der Waals surface area (Å²) < 4.78 is 5.95. The predicted molar refractivity (Wildman–Crippen MR) is 150 cm³/mol. The van der Waals surface area contributed by atoms with Crippen LogP contribution in [-0.2, 0) is 4.79 Å². The molecule has 0 spiro atoms. The molecule has 0 saturated heterocycles. The minimum absolute atomic E-state index is 0.0212. The van der Waals surface area contributed by atoms with Crippen LogP contribution < -0.4 is 10.6 Å². The fraction of sp³-hybridized carbons (Fsp3) is 0.148. The molecule has 2 N–H and O–H groups in total. The summed E-state index contributed by atoms with van der Waals surface area (Å²) in [6.07, 6.45) is 3.70. The molecule has 1 amide bonds. The van der Waals surface area contributed by atoms with Crippen LogP contribution >= 0.6 is 23.8 Å². The Balaban J connectivity index is 1.42. The molecular weight excluding hydrogens is 512 g/mol. The number of fused-ring (bicyclic) bond motifs is 1. The van der Waals surface area contributed by atoms with Crippen LogP contribution in [0.2, 0.25) is 5.02 Å². The minimum atomic E-state index is -0.585. The maximum atomic E-state index is 12.3. The highest BCUT2D eigenvalue weighted by molar-refractivity contribution is 7.80. The molecule has 188 valence electrons. The molecule has 1 heterocycles. The van der Waals surface area contributed by atoms with Gasteiger partial charge in [0.25, 0.3) is 5.69 Å². The van der Waals surface area contributed by atoms with Gasteiger partial charge < -0.3 is 9.73 Å². The Morgan fingerprint density at radius 1 is 1.22 bits per heavy atom. The van der Waals surface area contributed by atoms with Gasteiger partial charge in [0.05, 0.1) is 4.92 Å². The van der Waals surface area contributed by atoms with Gasteiger partial charge >= 0.3 is 0 Å². The minimum Gasteiger partial charge on any atom is -0.436 e. The largest absolute Gasteiger partial charge is 0.436 e. The van der Waals surface area contributed by atoms with Gasteiger partial charge in [-0.1, -0.05) is 43.6 Å². The number of hydrogen-bond donors (Lipinski definition) is 2. The van der Waals surface area contributed by atoms with E-state index in [4.69, 9.17) is 28.2 Å². The van der Waals surface area contributed by atoms with Gasteiger partial charge in [0, 0.05) is 23.4 Å². The number of thiocarbonyl (C=S) groups is 1. The van der Waals surface area contributed by atoms with Crippen molar-refractivity contribution in [3.05, 3.63) is 93.0 Å². The first-order valence-electron chi connectivity index (χ1n) is 11.5. The summed E-state index contributed by atoms with van der Waals surface area (Å²) in [7, 11) is 0. The number of halogens is 1. The molecule has 37 heavy (non-hydrogen) atoms. The second-order valence-electron chi connectivity index (χ2n) is 8.38. The number of amides is 1. The van der Waals surface area contributed by atoms with E-state index in [0.29, 0.717) is 28.6 Å². The topological polar surface area (TPSA) is 110 Å². The molecule has 1 unspecified atom stereocenters. The van der Waals surface area contributed by atoms with Crippen LogP contribution in [-0.4, -0.2) is 20.9 Å². The summed E-state index contributed by atoms with van der Waals surface area (Å²) in [5, 5.41) is 16.6. The number of carbonyl (C=O) groups excluding carboxylic acids is 1. The number of nitro groups is 1. The molecular formula is C27H23ClN4O4S. The summed E-state index contributed by atoms with van der Waals surface area (Å²) in [5.74, 6) is 0.421. The van der Waals surface area contributed by atoms with E-state index in [9.17, 15) is 14.9 Å². The Kier molecular flexibility index (Phi) is 7.95. The van der Waals surface area contributed by atoms with Crippen molar-refractivity contribution >= 4 is 63.4 Å². The number of benzene rings is 3. The van der Waals surface area contributed by atoms with E-state index in [-0.39, 0.29) is 15.8 Å². The zero-order valence-electron chi connectivity index (χ0n) is 20.0. The van der Waals surface area contributed by atoms with Crippen molar-refractivity contribution in [1.82, 2.24) is 10.3 Å². The highest BCUT2D eigenvalue weighted by atomic mass is 35.5. The zero-order valence-corrected chi connectivity index (χ0v) is 21.6. The molecule has 10 heteroatoms. The molecule has 0 fully saturated rings. The first-order valence-corrected chi connectivity index (χ1v) is 12.3. The molecule has 1 aromatic heterocycles. The average Bonchev–Trinajstić information content (AvgIpc) is 3.31. The summed E-state index contributed by atoms with van der Waals surface area (Å²) in [6, 6.07) is 17.6. The van der Waals surface area contributed by atoms with E-state index in [1.54, 1.807) is 12.1 Å². The lowest BCUT2D eigenvalue weighted by atomic mass is 9.98. The van der Waals surface area contributed by atoms with Gasteiger partial charge in [-0.05, 0) is 78.2 Å². The van der Waals surface area contributed by atoms with E-state index < -0.39 is 10.8 Å². The summed E-state index contributed by atoms with van der Waals surface area (Å²) in [4.78, 5) is 27.4. The third-order valence-corrected chi connectivity index (χ3v) is 6.31. The van der Waals surface area contributed by atoms with Crippen LogP contribution in [0.5, 0.6) is 0 Å². The number of nitrogens with zero attached hydrogens (tertiary/aromatic N) is 2. The molecule has 0 radical (unpaired) electrons. The SMILES string of the molecule is CCC(C)c1ccc2oc(-c3cccc(NC(=S)NC(=O)C=Cc4ccc(Cl)c([N+](=O)[O-])c4)c3)nc2c1. The lowest BCUT2D eigenvalue weighted by Gasteiger charge is -2.09. The molecule has 3 aromatic carbocycles. The van der Waals surface area contributed by atoms with Crippen molar-refractivity contribution in [3.8, 4) is 11.5 Å². The van der Waals surface area contributed by atoms with Gasteiger partial charge in [0.15, 0.2) is 10.7 Å². The molecule has 0 aliphatic heterocycles. The van der Waals surface area contributed by atoms with Crippen molar-refractivity contribution < 1.29 is 14.1 Å². The number of anilines is 1. The monoisotopic (exact) mass is 534 g/mol. The number of aromatic nitrogens is 1. The molecule has 4 rings (SSSR count). The average molecular weight is 535 g/mol. The second kappa shape index (κ2) is 11.3. The quantitative estimate of drug-likeness (QED) is 0.113. The van der Waals surface area contributed by atoms with Crippen molar-refractivity contribution in [2.45, 2.75) is 26.2 Å². The van der Waals surface area contributed by atoms with Crippen LogP contribution in [0, 0.1) is 10.1 Å². The first-order chi connectivity index (χ1) is 17.7. The van der Waals surface area contributed by atoms with E-state index >= 15 is 0 Å². The maximum absolute atomic E-state index is 12.3. The van der Waals surface area contributed by atoms with Gasteiger partial charge in [-0.3, -0.25) is 20.2 Å². The van der Waals surface area contributed by atoms with Crippen molar-refractivity contribution in [2.24, 2.45) is 0 Å². The summed E-state index contributed by atoms with van der Waals surface area (Å²) in [5.41, 5.74) is 4.33. The highest BCUT2D eigenvalue weighted by Crippen LogP contribution is 2.29. The Morgan fingerprint density at radius 3 is 2.78 bits per heavy atom. The number of carbonyl (C=O) groups is 1. The zero-order chi connectivity index (χ0) is 26.5. The molecule has 0 aliphatic carbocycles. The molecule has 0 aliphatic rings. The first kappa shape index (κ1) is 26.0. The number of nitrogens with one attached hydrogen (secondary N) is 2. The number of nitro benzene ring substituents is 1. The van der Waals surface area contributed by atoms with Crippen LogP contribution in [0.4, 0.5) is 11.4 Å². The van der Waals surface area contributed by atoms with Gasteiger partial charge in [-0.15, -0.1) is 0 Å². The smallest absolute Gasteiger partial charge is 0.288 e. The Bertz CT molecular complexity index is 1530. The maximum Gasteiger partial charge on any atom is 0.288 e. The molecule has 4 aromatic rings. The van der Waals surface area contributed by atoms with E-state index in [2.05, 4.69) is 41.6 Å². The Labute approximate surface area is 223 Å². The molecule has 8 nitrogen and oxygen atoms in total. The van der Waals surface area contributed by atoms with Crippen molar-refractivity contribution in [2.75, 3.05) is 5.32 Å². The third-order valence-electron chi connectivity index (χ3n) is 5.79. The van der Waals surface area contributed by atoms with Crippen LogP contribution in [0.3, 0.4) is 0 Å². The molecule has 0 saturated carbocycles. The van der Waals surface area contributed by atoms with Gasteiger partial charge in [0.1, 0.15) is 10.5 Å². The fourth-order valence-electron chi connectivity index (χ4n) is 3.60. The fourth-order valence-corrected chi connectivity index (χ4v) is 4.01. The van der Waals surface area contributed by atoms with Crippen LogP contribution in [0.15, 0.2) is 71.2 Å². The standard InChI is InChI=1S/C27H23ClN4O4S/c1-3-16(2)18-9-11-24-22(15-18)30-26(36-24)19-5-4-6-20(14-19)29-27(37)31-25(33)12-8-17-7-10-21(28)23(13-17)32(34)35/h4-16H,3H2,1-2H3,(H2,29,31,33,37). The summed E-state index contributed by atoms with van der Waals surface area (Å²) >= 11 is 11.1. The Morgan fingerprint density at radius 2 is 2.03 bits per heavy atom. The normalized spacial score (nSPS) is 12.0. The van der Waals surface area contributed by atoms with E-state index in [1.165, 1.54) is 29.8 Å². The Hall–Kier alpha value is -4.08. The van der Waals surface area contributed by atoms with Crippen molar-refractivity contribution in [3.63, 3.8) is 0 Å².